The van der Waals surface area contributed by atoms with Crippen molar-refractivity contribution >= 4 is 17.7 Å². The second kappa shape index (κ2) is 7.54. The number of rotatable bonds is 4. The van der Waals surface area contributed by atoms with Gasteiger partial charge in [-0.15, -0.1) is 0 Å². The standard InChI is InChI=1S/C21H27N3O4/c1-3-23-9-8-13(2)18(12-23)28-15-4-5-16-14(10-15)11-24(21(16)27)17-6-7-19(25)22-20(17)26/h4-5,10,13,17-18H,3,6-9,11-12H2,1-2H3,(H,22,25,26)/t13-,17?,18-/m1/s1. The summed E-state index contributed by atoms with van der Waals surface area (Å²) < 4.78 is 6.28. The molecule has 3 aliphatic rings. The monoisotopic (exact) mass is 385 g/mol. The molecule has 0 aromatic heterocycles. The highest BCUT2D eigenvalue weighted by Crippen LogP contribution is 2.31. The van der Waals surface area contributed by atoms with Crippen LogP contribution in [-0.2, 0) is 16.1 Å². The first-order valence-corrected chi connectivity index (χ1v) is 10.1. The van der Waals surface area contributed by atoms with E-state index in [1.807, 2.05) is 12.1 Å². The maximum atomic E-state index is 12.8. The fraction of sp³-hybridized carbons (Fsp3) is 0.571. The number of benzene rings is 1. The van der Waals surface area contributed by atoms with Crippen molar-refractivity contribution < 1.29 is 19.1 Å². The van der Waals surface area contributed by atoms with Gasteiger partial charge in [0.1, 0.15) is 17.9 Å². The molecule has 1 aromatic carbocycles. The number of fused-ring (bicyclic) bond motifs is 1. The Hall–Kier alpha value is -2.41. The van der Waals surface area contributed by atoms with Crippen LogP contribution in [0.3, 0.4) is 0 Å². The van der Waals surface area contributed by atoms with E-state index in [0.717, 1.165) is 37.4 Å². The molecule has 150 valence electrons. The van der Waals surface area contributed by atoms with Gasteiger partial charge in [0.2, 0.25) is 11.8 Å². The zero-order chi connectivity index (χ0) is 19.8. The highest BCUT2D eigenvalue weighted by atomic mass is 16.5. The number of hydrogen-bond donors (Lipinski definition) is 1. The molecule has 1 aromatic rings. The molecule has 7 nitrogen and oxygen atoms in total. The van der Waals surface area contributed by atoms with Crippen LogP contribution in [-0.4, -0.2) is 59.3 Å². The molecule has 0 radical (unpaired) electrons. The van der Waals surface area contributed by atoms with E-state index in [4.69, 9.17) is 4.74 Å². The van der Waals surface area contributed by atoms with Gasteiger partial charge in [0.25, 0.3) is 5.91 Å². The van der Waals surface area contributed by atoms with Gasteiger partial charge in [0, 0.05) is 25.1 Å². The van der Waals surface area contributed by atoms with Gasteiger partial charge < -0.3 is 9.64 Å². The number of piperidine rings is 2. The first-order chi connectivity index (χ1) is 13.5. The lowest BCUT2D eigenvalue weighted by atomic mass is 9.96. The van der Waals surface area contributed by atoms with Crippen LogP contribution in [0.25, 0.3) is 0 Å². The second-order valence-electron chi connectivity index (χ2n) is 8.03. The third-order valence-electron chi connectivity index (χ3n) is 6.20. The van der Waals surface area contributed by atoms with Gasteiger partial charge in [-0.2, -0.15) is 0 Å². The third kappa shape index (κ3) is 3.51. The SMILES string of the molecule is CCN1CC[C@@H](C)[C@H](Oc2ccc3c(c2)CN(C2CCC(=O)NC2=O)C3=O)C1. The molecular weight excluding hydrogens is 358 g/mol. The number of ether oxygens (including phenoxy) is 1. The molecule has 1 unspecified atom stereocenters. The summed E-state index contributed by atoms with van der Waals surface area (Å²) in [5.41, 5.74) is 1.49. The number of imide groups is 1. The molecule has 0 aliphatic carbocycles. The quantitative estimate of drug-likeness (QED) is 0.796. The van der Waals surface area contributed by atoms with E-state index < -0.39 is 6.04 Å². The average molecular weight is 385 g/mol. The molecule has 1 N–H and O–H groups in total. The van der Waals surface area contributed by atoms with Crippen LogP contribution in [0.1, 0.15) is 49.0 Å². The second-order valence-corrected chi connectivity index (χ2v) is 8.03. The fourth-order valence-corrected chi connectivity index (χ4v) is 4.34. The molecule has 3 heterocycles. The van der Waals surface area contributed by atoms with Gasteiger partial charge in [-0.1, -0.05) is 13.8 Å². The summed E-state index contributed by atoms with van der Waals surface area (Å²) in [6.07, 6.45) is 1.89. The van der Waals surface area contributed by atoms with Crippen molar-refractivity contribution in [1.82, 2.24) is 15.1 Å². The van der Waals surface area contributed by atoms with Gasteiger partial charge in [-0.3, -0.25) is 24.6 Å². The molecule has 4 rings (SSSR count). The Bertz CT molecular complexity index is 809. The van der Waals surface area contributed by atoms with Crippen LogP contribution in [0.5, 0.6) is 5.75 Å². The van der Waals surface area contributed by atoms with E-state index in [0.29, 0.717) is 24.4 Å². The molecule has 3 amide bonds. The first-order valence-electron chi connectivity index (χ1n) is 10.1. The Kier molecular flexibility index (Phi) is 5.10. The minimum absolute atomic E-state index is 0.134. The molecule has 28 heavy (non-hydrogen) atoms. The Morgan fingerprint density at radius 2 is 2.04 bits per heavy atom. The van der Waals surface area contributed by atoms with Crippen molar-refractivity contribution in [3.05, 3.63) is 29.3 Å². The Labute approximate surface area is 165 Å². The van der Waals surface area contributed by atoms with E-state index >= 15 is 0 Å². The smallest absolute Gasteiger partial charge is 0.255 e. The maximum absolute atomic E-state index is 12.8. The normalized spacial score (nSPS) is 28.3. The highest BCUT2D eigenvalue weighted by molar-refractivity contribution is 6.05. The number of nitrogens with zero attached hydrogens (tertiary/aromatic N) is 2. The van der Waals surface area contributed by atoms with E-state index in [1.54, 1.807) is 11.0 Å². The number of carbonyl (C=O) groups is 3. The number of likely N-dealkylation sites (N-methyl/N-ethyl adjacent to an activating group) is 1. The van der Waals surface area contributed by atoms with Crippen LogP contribution >= 0.6 is 0 Å². The van der Waals surface area contributed by atoms with Gasteiger partial charge >= 0.3 is 0 Å². The average Bonchev–Trinajstić information content (AvgIpc) is 2.99. The summed E-state index contributed by atoms with van der Waals surface area (Å²) in [5.74, 6) is 0.441. The van der Waals surface area contributed by atoms with Crippen LogP contribution in [0.2, 0.25) is 0 Å². The molecule has 3 aliphatic heterocycles. The van der Waals surface area contributed by atoms with Crippen molar-refractivity contribution in [2.45, 2.75) is 51.8 Å². The maximum Gasteiger partial charge on any atom is 0.255 e. The van der Waals surface area contributed by atoms with Gasteiger partial charge in [-0.05, 0) is 55.6 Å². The number of hydrogen-bond acceptors (Lipinski definition) is 5. The van der Waals surface area contributed by atoms with Crippen molar-refractivity contribution in [3.63, 3.8) is 0 Å². The van der Waals surface area contributed by atoms with Gasteiger partial charge in [0.15, 0.2) is 0 Å². The van der Waals surface area contributed by atoms with Crippen molar-refractivity contribution in [3.8, 4) is 5.75 Å². The third-order valence-corrected chi connectivity index (χ3v) is 6.20. The fourth-order valence-electron chi connectivity index (χ4n) is 4.34. The van der Waals surface area contributed by atoms with Crippen LogP contribution in [0.4, 0.5) is 0 Å². The zero-order valence-electron chi connectivity index (χ0n) is 16.4. The van der Waals surface area contributed by atoms with Crippen molar-refractivity contribution in [2.24, 2.45) is 5.92 Å². The summed E-state index contributed by atoms with van der Waals surface area (Å²) in [5, 5.41) is 2.33. The number of carbonyl (C=O) groups excluding carboxylic acids is 3. The molecule has 2 saturated heterocycles. The van der Waals surface area contributed by atoms with E-state index in [2.05, 4.69) is 24.1 Å². The molecule has 7 heteroatoms. The molecule has 3 atom stereocenters. The zero-order valence-corrected chi connectivity index (χ0v) is 16.4. The minimum Gasteiger partial charge on any atom is -0.489 e. The summed E-state index contributed by atoms with van der Waals surface area (Å²) >= 11 is 0. The summed E-state index contributed by atoms with van der Waals surface area (Å²) in [7, 11) is 0. The van der Waals surface area contributed by atoms with Crippen LogP contribution < -0.4 is 10.1 Å². The first kappa shape index (κ1) is 18.9. The van der Waals surface area contributed by atoms with Gasteiger partial charge in [-0.25, -0.2) is 0 Å². The lowest BCUT2D eigenvalue weighted by Crippen LogP contribution is -2.52. The molecule has 0 bridgehead atoms. The van der Waals surface area contributed by atoms with E-state index in [9.17, 15) is 14.4 Å². The molecular formula is C21H27N3O4. The summed E-state index contributed by atoms with van der Waals surface area (Å²) in [4.78, 5) is 40.3. The predicted octanol–water partition coefficient (Wildman–Crippen LogP) is 1.56. The molecule has 0 saturated carbocycles. The highest BCUT2D eigenvalue weighted by Gasteiger charge is 2.39. The minimum atomic E-state index is -0.585. The topological polar surface area (TPSA) is 79.0 Å². The number of nitrogens with one attached hydrogen (secondary N) is 1. The van der Waals surface area contributed by atoms with Crippen LogP contribution in [0.15, 0.2) is 18.2 Å². The number of amides is 3. The molecule has 2 fully saturated rings. The largest absolute Gasteiger partial charge is 0.489 e. The summed E-state index contributed by atoms with van der Waals surface area (Å²) in [6, 6.07) is 4.99. The Balaban J connectivity index is 1.48. The van der Waals surface area contributed by atoms with Crippen molar-refractivity contribution in [1.29, 1.82) is 0 Å². The number of likely N-dealkylation sites (tertiary alicyclic amines) is 1. The molecule has 0 spiro atoms. The van der Waals surface area contributed by atoms with E-state index in [-0.39, 0.29) is 30.2 Å². The Morgan fingerprint density at radius 3 is 2.79 bits per heavy atom. The lowest BCUT2D eigenvalue weighted by Gasteiger charge is -2.36. The predicted molar refractivity (Wildman–Crippen MR) is 103 cm³/mol. The van der Waals surface area contributed by atoms with Gasteiger partial charge in [0.05, 0.1) is 0 Å². The van der Waals surface area contributed by atoms with Crippen molar-refractivity contribution in [2.75, 3.05) is 19.6 Å². The van der Waals surface area contributed by atoms with Crippen LogP contribution in [0, 0.1) is 5.92 Å². The summed E-state index contributed by atoms with van der Waals surface area (Å²) in [6.45, 7) is 7.80. The Morgan fingerprint density at radius 1 is 1.21 bits per heavy atom. The lowest BCUT2D eigenvalue weighted by molar-refractivity contribution is -0.136. The van der Waals surface area contributed by atoms with E-state index in [1.165, 1.54) is 0 Å².